The molecule has 2 N–H and O–H groups in total. The lowest BCUT2D eigenvalue weighted by atomic mass is 9.99. The van der Waals surface area contributed by atoms with E-state index in [-0.39, 0.29) is 17.7 Å². The highest BCUT2D eigenvalue weighted by Gasteiger charge is 2.35. The first-order valence-electron chi connectivity index (χ1n) is 9.03. The average molecular weight is 380 g/mol. The van der Waals surface area contributed by atoms with E-state index < -0.39 is 0 Å². The summed E-state index contributed by atoms with van der Waals surface area (Å²) in [6, 6.07) is 7.07. The van der Waals surface area contributed by atoms with Crippen LogP contribution in [0.3, 0.4) is 0 Å². The minimum absolute atomic E-state index is 0.0706. The standard InChI is InChI=1S/C18H20N8O2/c1-3-26-17-15(23-24-26)16(19-10-20-17)25-8-12(9-25)18(28)22-14-6-4-5-13(7-14)21-11(2)27/h4-7,10,12H,3,8-9H2,1-2H3,(H,21,27)(H,22,28). The zero-order chi connectivity index (χ0) is 19.7. The van der Waals surface area contributed by atoms with Crippen molar-refractivity contribution in [1.29, 1.82) is 0 Å². The van der Waals surface area contributed by atoms with Crippen LogP contribution in [0.25, 0.3) is 11.2 Å². The monoisotopic (exact) mass is 380 g/mol. The minimum Gasteiger partial charge on any atom is -0.353 e. The van der Waals surface area contributed by atoms with Crippen LogP contribution >= 0.6 is 0 Å². The van der Waals surface area contributed by atoms with E-state index in [0.29, 0.717) is 48.0 Å². The van der Waals surface area contributed by atoms with E-state index in [1.807, 2.05) is 11.8 Å². The van der Waals surface area contributed by atoms with E-state index in [0.717, 1.165) is 0 Å². The van der Waals surface area contributed by atoms with Gasteiger partial charge in [0.1, 0.15) is 6.33 Å². The summed E-state index contributed by atoms with van der Waals surface area (Å²) >= 11 is 0. The quantitative estimate of drug-likeness (QED) is 0.684. The van der Waals surface area contributed by atoms with E-state index in [9.17, 15) is 9.59 Å². The van der Waals surface area contributed by atoms with Crippen molar-refractivity contribution in [2.24, 2.45) is 5.92 Å². The third kappa shape index (κ3) is 3.36. The molecule has 2 aromatic heterocycles. The summed E-state index contributed by atoms with van der Waals surface area (Å²) in [5.41, 5.74) is 2.62. The number of hydrogen-bond donors (Lipinski definition) is 2. The summed E-state index contributed by atoms with van der Waals surface area (Å²) in [6.45, 7) is 5.18. The summed E-state index contributed by atoms with van der Waals surface area (Å²) in [6.07, 6.45) is 1.49. The molecule has 1 aliphatic heterocycles. The molecule has 0 unspecified atom stereocenters. The number of fused-ring (bicyclic) bond motifs is 1. The number of carbonyl (C=O) groups is 2. The van der Waals surface area contributed by atoms with Crippen LogP contribution in [-0.4, -0.2) is 49.9 Å². The maximum absolute atomic E-state index is 12.5. The van der Waals surface area contributed by atoms with Gasteiger partial charge in [0.2, 0.25) is 11.8 Å². The lowest BCUT2D eigenvalue weighted by Gasteiger charge is -2.38. The molecule has 1 fully saturated rings. The lowest BCUT2D eigenvalue weighted by molar-refractivity contribution is -0.120. The van der Waals surface area contributed by atoms with Crippen molar-refractivity contribution in [2.45, 2.75) is 20.4 Å². The predicted octanol–water partition coefficient (Wildman–Crippen LogP) is 1.27. The Morgan fingerprint density at radius 3 is 2.64 bits per heavy atom. The topological polar surface area (TPSA) is 118 Å². The van der Waals surface area contributed by atoms with Crippen molar-refractivity contribution in [2.75, 3.05) is 28.6 Å². The number of rotatable bonds is 5. The highest BCUT2D eigenvalue weighted by molar-refractivity contribution is 5.96. The average Bonchev–Trinajstić information content (AvgIpc) is 3.04. The molecule has 3 aromatic rings. The summed E-state index contributed by atoms with van der Waals surface area (Å²) in [4.78, 5) is 34.3. The molecule has 1 aromatic carbocycles. The number of amides is 2. The molecule has 2 amide bonds. The maximum atomic E-state index is 12.5. The predicted molar refractivity (Wildman–Crippen MR) is 104 cm³/mol. The smallest absolute Gasteiger partial charge is 0.231 e. The number of anilines is 3. The Bertz CT molecular complexity index is 1040. The first-order valence-corrected chi connectivity index (χ1v) is 9.03. The van der Waals surface area contributed by atoms with Crippen LogP contribution in [-0.2, 0) is 16.1 Å². The van der Waals surface area contributed by atoms with Crippen molar-refractivity contribution in [3.8, 4) is 0 Å². The number of hydrogen-bond acceptors (Lipinski definition) is 7. The summed E-state index contributed by atoms with van der Waals surface area (Å²) in [5, 5.41) is 13.9. The van der Waals surface area contributed by atoms with Gasteiger partial charge in [-0.2, -0.15) is 0 Å². The fourth-order valence-corrected chi connectivity index (χ4v) is 3.16. The number of nitrogens with zero attached hydrogens (tertiary/aromatic N) is 6. The molecule has 0 atom stereocenters. The summed E-state index contributed by atoms with van der Waals surface area (Å²) in [7, 11) is 0. The van der Waals surface area contributed by atoms with Crippen LogP contribution in [0.1, 0.15) is 13.8 Å². The van der Waals surface area contributed by atoms with E-state index >= 15 is 0 Å². The second kappa shape index (κ2) is 7.22. The van der Waals surface area contributed by atoms with Gasteiger partial charge in [0.05, 0.1) is 5.92 Å². The van der Waals surface area contributed by atoms with E-state index in [2.05, 4.69) is 30.9 Å². The fourth-order valence-electron chi connectivity index (χ4n) is 3.16. The molecule has 4 rings (SSSR count). The molecule has 10 heteroatoms. The third-order valence-corrected chi connectivity index (χ3v) is 4.58. The van der Waals surface area contributed by atoms with Gasteiger partial charge in [0.15, 0.2) is 17.0 Å². The number of nitrogens with one attached hydrogen (secondary N) is 2. The van der Waals surface area contributed by atoms with Gasteiger partial charge in [-0.25, -0.2) is 14.6 Å². The first kappa shape index (κ1) is 17.8. The van der Waals surface area contributed by atoms with Gasteiger partial charge >= 0.3 is 0 Å². The highest BCUT2D eigenvalue weighted by atomic mass is 16.2. The van der Waals surface area contributed by atoms with Crippen molar-refractivity contribution in [3.05, 3.63) is 30.6 Å². The Morgan fingerprint density at radius 2 is 1.93 bits per heavy atom. The number of aromatic nitrogens is 5. The van der Waals surface area contributed by atoms with Gasteiger partial charge in [-0.3, -0.25) is 9.59 Å². The highest BCUT2D eigenvalue weighted by Crippen LogP contribution is 2.28. The molecule has 0 aliphatic carbocycles. The van der Waals surface area contributed by atoms with Gasteiger partial charge < -0.3 is 15.5 Å². The largest absolute Gasteiger partial charge is 0.353 e. The second-order valence-corrected chi connectivity index (χ2v) is 6.63. The molecule has 1 saturated heterocycles. The SMILES string of the molecule is CCn1nnc2c(N3CC(C(=O)Nc4cccc(NC(C)=O)c4)C3)ncnc21. The Kier molecular flexibility index (Phi) is 4.60. The van der Waals surface area contributed by atoms with Gasteiger partial charge in [-0.15, -0.1) is 5.10 Å². The van der Waals surface area contributed by atoms with Gasteiger partial charge in [0.25, 0.3) is 0 Å². The van der Waals surface area contributed by atoms with Crippen LogP contribution in [0.4, 0.5) is 17.2 Å². The van der Waals surface area contributed by atoms with Crippen molar-refractivity contribution < 1.29 is 9.59 Å². The summed E-state index contributed by atoms with van der Waals surface area (Å²) in [5.74, 6) is 0.310. The Balaban J connectivity index is 1.41. The van der Waals surface area contributed by atoms with Gasteiger partial charge in [0, 0.05) is 37.9 Å². The molecule has 3 heterocycles. The van der Waals surface area contributed by atoms with E-state index in [1.165, 1.54) is 13.3 Å². The van der Waals surface area contributed by atoms with Crippen molar-refractivity contribution in [3.63, 3.8) is 0 Å². The van der Waals surface area contributed by atoms with Crippen LogP contribution in [0.5, 0.6) is 0 Å². The van der Waals surface area contributed by atoms with Crippen molar-refractivity contribution >= 4 is 40.2 Å². The minimum atomic E-state index is -0.158. The molecule has 0 bridgehead atoms. The van der Waals surface area contributed by atoms with Crippen LogP contribution in [0.2, 0.25) is 0 Å². The summed E-state index contributed by atoms with van der Waals surface area (Å²) < 4.78 is 1.71. The molecule has 10 nitrogen and oxygen atoms in total. The molecule has 28 heavy (non-hydrogen) atoms. The molecule has 1 aliphatic rings. The lowest BCUT2D eigenvalue weighted by Crippen LogP contribution is -2.52. The van der Waals surface area contributed by atoms with E-state index in [4.69, 9.17) is 0 Å². The Morgan fingerprint density at radius 1 is 1.18 bits per heavy atom. The number of aryl methyl sites for hydroxylation is 1. The molecular weight excluding hydrogens is 360 g/mol. The third-order valence-electron chi connectivity index (χ3n) is 4.58. The fraction of sp³-hybridized carbons (Fsp3) is 0.333. The molecule has 144 valence electrons. The second-order valence-electron chi connectivity index (χ2n) is 6.63. The number of benzene rings is 1. The maximum Gasteiger partial charge on any atom is 0.231 e. The van der Waals surface area contributed by atoms with Gasteiger partial charge in [-0.1, -0.05) is 11.3 Å². The Hall–Kier alpha value is -3.56. The van der Waals surface area contributed by atoms with E-state index in [1.54, 1.807) is 28.9 Å². The van der Waals surface area contributed by atoms with Crippen LogP contribution < -0.4 is 15.5 Å². The van der Waals surface area contributed by atoms with Crippen LogP contribution in [0, 0.1) is 5.92 Å². The van der Waals surface area contributed by atoms with Gasteiger partial charge in [-0.05, 0) is 25.1 Å². The number of carbonyl (C=O) groups excluding carboxylic acids is 2. The zero-order valence-electron chi connectivity index (χ0n) is 15.6. The molecule has 0 saturated carbocycles. The molecule has 0 radical (unpaired) electrons. The molecule has 0 spiro atoms. The Labute approximate surface area is 161 Å². The van der Waals surface area contributed by atoms with Crippen molar-refractivity contribution in [1.82, 2.24) is 25.0 Å². The normalized spacial score (nSPS) is 14.0. The zero-order valence-corrected chi connectivity index (χ0v) is 15.6. The molecular formula is C18H20N8O2. The van der Waals surface area contributed by atoms with Crippen LogP contribution in [0.15, 0.2) is 30.6 Å². The first-order chi connectivity index (χ1) is 13.5.